The Morgan fingerprint density at radius 2 is 1.92 bits per heavy atom. The molecule has 2 rings (SSSR count). The molecule has 134 valence electrons. The average Bonchev–Trinajstić information content (AvgIpc) is 3.00. The first-order chi connectivity index (χ1) is 11.5. The van der Waals surface area contributed by atoms with Gasteiger partial charge in [-0.3, -0.25) is 14.9 Å². The smallest absolute Gasteiger partial charge is 0.373 e. The fourth-order valence-electron chi connectivity index (χ4n) is 1.59. The third kappa shape index (κ3) is 4.09. The van der Waals surface area contributed by atoms with Crippen molar-refractivity contribution in [2.24, 2.45) is 0 Å². The second-order valence-electron chi connectivity index (χ2n) is 5.05. The van der Waals surface area contributed by atoms with Gasteiger partial charge in [0.2, 0.25) is 11.5 Å². The molecule has 1 aromatic carbocycles. The highest BCUT2D eigenvalue weighted by molar-refractivity contribution is 6.34. The number of nitrogens with one attached hydrogen (secondary N) is 2. The van der Waals surface area contributed by atoms with Crippen LogP contribution >= 0.6 is 11.6 Å². The number of anilines is 2. The number of carbonyl (C=O) groups is 2. The fourth-order valence-corrected chi connectivity index (χ4v) is 1.82. The first-order valence-electron chi connectivity index (χ1n) is 6.64. The molecule has 1 aromatic heterocycles. The third-order valence-corrected chi connectivity index (χ3v) is 3.46. The highest BCUT2D eigenvalue weighted by atomic mass is 35.5. The second kappa shape index (κ2) is 6.73. The van der Waals surface area contributed by atoms with Crippen molar-refractivity contribution in [3.63, 3.8) is 0 Å². The topological polar surface area (TPSA) is 104 Å². The quantitative estimate of drug-likeness (QED) is 0.760. The summed E-state index contributed by atoms with van der Waals surface area (Å²) in [5, 5.41) is 16.7. The van der Waals surface area contributed by atoms with Crippen molar-refractivity contribution in [3.05, 3.63) is 41.0 Å². The SMILES string of the molecule is C[C@@](O)(C(=O)Nc1ccc(C(=O)Nc2ccno2)cc1Cl)C(F)(F)F. The zero-order valence-corrected chi connectivity index (χ0v) is 13.3. The summed E-state index contributed by atoms with van der Waals surface area (Å²) in [6.07, 6.45) is -3.85. The fraction of sp³-hybridized carbons (Fsp3) is 0.214. The molecule has 0 aliphatic carbocycles. The van der Waals surface area contributed by atoms with Gasteiger partial charge in [0.15, 0.2) is 0 Å². The Morgan fingerprint density at radius 1 is 1.24 bits per heavy atom. The van der Waals surface area contributed by atoms with Crippen molar-refractivity contribution in [1.29, 1.82) is 0 Å². The van der Waals surface area contributed by atoms with E-state index < -0.39 is 23.6 Å². The standard InChI is InChI=1S/C14H11ClF3N3O4/c1-13(24,14(16,17)18)12(23)20-9-3-2-7(6-8(9)15)11(22)21-10-4-5-19-25-10/h2-6,24H,1H3,(H,20,23)(H,21,22)/t13-/m1/s1. The lowest BCUT2D eigenvalue weighted by atomic mass is 10.1. The Morgan fingerprint density at radius 3 is 2.44 bits per heavy atom. The Bertz CT molecular complexity index is 791. The van der Waals surface area contributed by atoms with Crippen LogP contribution in [0.2, 0.25) is 5.02 Å². The van der Waals surface area contributed by atoms with Crippen LogP contribution < -0.4 is 10.6 Å². The molecule has 3 N–H and O–H groups in total. The number of rotatable bonds is 4. The molecule has 0 unspecified atom stereocenters. The molecule has 1 atom stereocenters. The lowest BCUT2D eigenvalue weighted by molar-refractivity contribution is -0.242. The van der Waals surface area contributed by atoms with Crippen LogP contribution in [0.3, 0.4) is 0 Å². The van der Waals surface area contributed by atoms with Crippen LogP contribution in [0.5, 0.6) is 0 Å². The number of aromatic nitrogens is 1. The van der Waals surface area contributed by atoms with Crippen LogP contribution in [0.1, 0.15) is 17.3 Å². The molecule has 0 saturated carbocycles. The Balaban J connectivity index is 2.14. The molecular weight excluding hydrogens is 367 g/mol. The predicted molar refractivity (Wildman–Crippen MR) is 81.2 cm³/mol. The highest BCUT2D eigenvalue weighted by Crippen LogP contribution is 2.32. The van der Waals surface area contributed by atoms with Gasteiger partial charge >= 0.3 is 6.18 Å². The largest absolute Gasteiger partial charge is 0.426 e. The minimum Gasteiger partial charge on any atom is -0.373 e. The molecule has 0 saturated heterocycles. The molecule has 0 spiro atoms. The van der Waals surface area contributed by atoms with E-state index in [1.165, 1.54) is 18.3 Å². The normalized spacial score (nSPS) is 13.8. The van der Waals surface area contributed by atoms with Crippen molar-refractivity contribution in [1.82, 2.24) is 5.16 Å². The van der Waals surface area contributed by atoms with Crippen molar-refractivity contribution in [3.8, 4) is 0 Å². The van der Waals surface area contributed by atoms with Gasteiger partial charge in [0.1, 0.15) is 0 Å². The van der Waals surface area contributed by atoms with Crippen molar-refractivity contribution in [2.45, 2.75) is 18.7 Å². The van der Waals surface area contributed by atoms with E-state index in [0.29, 0.717) is 6.92 Å². The summed E-state index contributed by atoms with van der Waals surface area (Å²) in [5.74, 6) is -2.24. The van der Waals surface area contributed by atoms with Crippen molar-refractivity contribution >= 4 is 35.0 Å². The van der Waals surface area contributed by atoms with Crippen molar-refractivity contribution < 1.29 is 32.4 Å². The third-order valence-electron chi connectivity index (χ3n) is 3.15. The van der Waals surface area contributed by atoms with Gasteiger partial charge in [0, 0.05) is 11.6 Å². The van der Waals surface area contributed by atoms with E-state index in [2.05, 4.69) is 10.5 Å². The number of alkyl halides is 3. The van der Waals surface area contributed by atoms with E-state index in [-0.39, 0.29) is 22.2 Å². The van der Waals surface area contributed by atoms with Crippen molar-refractivity contribution in [2.75, 3.05) is 10.6 Å². The molecule has 11 heteroatoms. The maximum Gasteiger partial charge on any atom is 0.426 e. The summed E-state index contributed by atoms with van der Waals surface area (Å²) in [7, 11) is 0. The molecule has 0 aliphatic heterocycles. The lowest BCUT2D eigenvalue weighted by Gasteiger charge is -2.25. The summed E-state index contributed by atoms with van der Waals surface area (Å²) in [4.78, 5) is 23.6. The molecule has 0 fully saturated rings. The van der Waals surface area contributed by atoms with Gasteiger partial charge in [-0.2, -0.15) is 13.2 Å². The molecule has 2 amide bonds. The minimum absolute atomic E-state index is 0.0574. The number of halogens is 4. The Labute approximate surface area is 143 Å². The van der Waals surface area contributed by atoms with Gasteiger partial charge in [-0.05, 0) is 25.1 Å². The van der Waals surface area contributed by atoms with Crippen LogP contribution in [0.25, 0.3) is 0 Å². The maximum atomic E-state index is 12.6. The minimum atomic E-state index is -5.17. The molecule has 2 aromatic rings. The first kappa shape index (κ1) is 18.7. The first-order valence-corrected chi connectivity index (χ1v) is 7.02. The van der Waals surface area contributed by atoms with E-state index >= 15 is 0 Å². The Hall–Kier alpha value is -2.59. The number of aliphatic hydroxyl groups is 1. The average molecular weight is 378 g/mol. The number of hydrogen-bond acceptors (Lipinski definition) is 5. The van der Waals surface area contributed by atoms with Crippen LogP contribution in [0, 0.1) is 0 Å². The molecule has 25 heavy (non-hydrogen) atoms. The molecule has 0 bridgehead atoms. The molecule has 0 aliphatic rings. The zero-order valence-electron chi connectivity index (χ0n) is 12.5. The van der Waals surface area contributed by atoms with Gasteiger partial charge in [0.05, 0.1) is 16.9 Å². The van der Waals surface area contributed by atoms with Gasteiger partial charge in [-0.15, -0.1) is 0 Å². The van der Waals surface area contributed by atoms with Gasteiger partial charge in [-0.1, -0.05) is 16.8 Å². The van der Waals surface area contributed by atoms with Gasteiger partial charge in [-0.25, -0.2) is 0 Å². The molecule has 0 radical (unpaired) electrons. The molecular formula is C14H11ClF3N3O4. The number of carbonyl (C=O) groups excluding carboxylic acids is 2. The number of amides is 2. The Kier molecular flexibility index (Phi) is 5.04. The summed E-state index contributed by atoms with van der Waals surface area (Å²) in [6.45, 7) is 0.315. The predicted octanol–water partition coefficient (Wildman–Crippen LogP) is 2.83. The van der Waals surface area contributed by atoms with Crippen LogP contribution in [0.4, 0.5) is 24.7 Å². The zero-order chi connectivity index (χ0) is 18.8. The van der Waals surface area contributed by atoms with Gasteiger partial charge in [0.25, 0.3) is 11.8 Å². The molecule has 1 heterocycles. The number of hydrogen-bond donors (Lipinski definition) is 3. The van der Waals surface area contributed by atoms with E-state index in [4.69, 9.17) is 16.1 Å². The van der Waals surface area contributed by atoms with Crippen LogP contribution in [-0.2, 0) is 4.79 Å². The van der Waals surface area contributed by atoms with E-state index in [1.54, 1.807) is 0 Å². The van der Waals surface area contributed by atoms with E-state index in [9.17, 15) is 27.9 Å². The lowest BCUT2D eigenvalue weighted by Crippen LogP contribution is -2.52. The van der Waals surface area contributed by atoms with Gasteiger partial charge < -0.3 is 14.9 Å². The number of nitrogens with zero attached hydrogens (tertiary/aromatic N) is 1. The summed E-state index contributed by atoms with van der Waals surface area (Å²) < 4.78 is 42.6. The summed E-state index contributed by atoms with van der Waals surface area (Å²) >= 11 is 5.87. The maximum absolute atomic E-state index is 12.6. The monoisotopic (exact) mass is 377 g/mol. The summed E-state index contributed by atoms with van der Waals surface area (Å²) in [6, 6.07) is 4.87. The highest BCUT2D eigenvalue weighted by Gasteiger charge is 2.55. The van der Waals surface area contributed by atoms with Crippen LogP contribution in [0.15, 0.2) is 35.0 Å². The number of benzene rings is 1. The van der Waals surface area contributed by atoms with Crippen LogP contribution in [-0.4, -0.2) is 33.9 Å². The second-order valence-corrected chi connectivity index (χ2v) is 5.46. The molecule has 7 nitrogen and oxygen atoms in total. The van der Waals surface area contributed by atoms with E-state index in [1.807, 2.05) is 5.32 Å². The summed E-state index contributed by atoms with van der Waals surface area (Å²) in [5.41, 5.74) is -3.74. The van der Waals surface area contributed by atoms with E-state index in [0.717, 1.165) is 12.1 Å².